The fourth-order valence-electron chi connectivity index (χ4n) is 4.65. The number of fused-ring (bicyclic) bond motifs is 1. The van der Waals surface area contributed by atoms with Gasteiger partial charge < -0.3 is 9.88 Å². The summed E-state index contributed by atoms with van der Waals surface area (Å²) in [5, 5.41) is 0. The SMILES string of the molecule is O=C(c1ccccn1)N1CCCC[C@@H]1c1nc2c(c(=O)[nH]1)CCN(Cc1ccncc1)C2. The molecule has 2 aliphatic rings. The Bertz CT molecular complexity index is 1150. The van der Waals surface area contributed by atoms with E-state index in [1.807, 2.05) is 23.1 Å². The first-order chi connectivity index (χ1) is 15.7. The smallest absolute Gasteiger partial charge is 0.273 e. The minimum absolute atomic E-state index is 0.0793. The molecule has 1 fully saturated rings. The second-order valence-corrected chi connectivity index (χ2v) is 8.42. The van der Waals surface area contributed by atoms with Crippen molar-refractivity contribution in [2.75, 3.05) is 13.1 Å². The molecule has 3 aromatic rings. The second-order valence-electron chi connectivity index (χ2n) is 8.42. The van der Waals surface area contributed by atoms with Crippen molar-refractivity contribution in [2.45, 2.75) is 44.8 Å². The highest BCUT2D eigenvalue weighted by molar-refractivity contribution is 5.92. The first-order valence-corrected chi connectivity index (χ1v) is 11.1. The van der Waals surface area contributed by atoms with Crippen LogP contribution in [0.5, 0.6) is 0 Å². The quantitative estimate of drug-likeness (QED) is 0.683. The first-order valence-electron chi connectivity index (χ1n) is 11.1. The number of carbonyl (C=O) groups excluding carboxylic acids is 1. The van der Waals surface area contributed by atoms with Crippen molar-refractivity contribution in [3.63, 3.8) is 0 Å². The molecule has 0 spiro atoms. The van der Waals surface area contributed by atoms with E-state index in [4.69, 9.17) is 4.98 Å². The van der Waals surface area contributed by atoms with E-state index in [2.05, 4.69) is 19.9 Å². The van der Waals surface area contributed by atoms with Crippen molar-refractivity contribution < 1.29 is 4.79 Å². The predicted octanol–water partition coefficient (Wildman–Crippen LogP) is 2.49. The van der Waals surface area contributed by atoms with Gasteiger partial charge in [0.2, 0.25) is 0 Å². The Hall–Kier alpha value is -3.39. The number of hydrogen-bond acceptors (Lipinski definition) is 6. The summed E-state index contributed by atoms with van der Waals surface area (Å²) in [4.78, 5) is 46.3. The van der Waals surface area contributed by atoms with E-state index in [1.54, 1.807) is 30.7 Å². The van der Waals surface area contributed by atoms with E-state index in [1.165, 1.54) is 5.56 Å². The van der Waals surface area contributed by atoms with Crippen LogP contribution in [0.2, 0.25) is 0 Å². The summed E-state index contributed by atoms with van der Waals surface area (Å²) in [7, 11) is 0. The summed E-state index contributed by atoms with van der Waals surface area (Å²) in [5.74, 6) is 0.471. The molecule has 1 N–H and O–H groups in total. The van der Waals surface area contributed by atoms with Crippen LogP contribution in [0.15, 0.2) is 53.7 Å². The van der Waals surface area contributed by atoms with Gasteiger partial charge in [-0.05, 0) is 55.5 Å². The zero-order valence-corrected chi connectivity index (χ0v) is 17.9. The molecule has 0 aromatic carbocycles. The second kappa shape index (κ2) is 9.00. The molecule has 1 saturated heterocycles. The molecule has 0 radical (unpaired) electrons. The number of aromatic nitrogens is 4. The Balaban J connectivity index is 1.41. The zero-order chi connectivity index (χ0) is 21.9. The highest BCUT2D eigenvalue weighted by Crippen LogP contribution is 2.30. The number of piperidine rings is 1. The van der Waals surface area contributed by atoms with Gasteiger partial charge in [0.25, 0.3) is 11.5 Å². The molecule has 5 rings (SSSR count). The molecule has 8 nitrogen and oxygen atoms in total. The summed E-state index contributed by atoms with van der Waals surface area (Å²) in [6.45, 7) is 2.86. The van der Waals surface area contributed by atoms with Gasteiger partial charge in [0, 0.05) is 50.3 Å². The molecular formula is C24H26N6O2. The Kier molecular flexibility index (Phi) is 5.77. The monoisotopic (exact) mass is 430 g/mol. The van der Waals surface area contributed by atoms with Crippen LogP contribution in [-0.2, 0) is 19.5 Å². The van der Waals surface area contributed by atoms with Gasteiger partial charge >= 0.3 is 0 Å². The number of aromatic amines is 1. The number of H-pyrrole nitrogens is 1. The average molecular weight is 431 g/mol. The van der Waals surface area contributed by atoms with E-state index < -0.39 is 0 Å². The van der Waals surface area contributed by atoms with Crippen LogP contribution in [-0.4, -0.2) is 48.7 Å². The molecule has 164 valence electrons. The van der Waals surface area contributed by atoms with Crippen LogP contribution in [0.25, 0.3) is 0 Å². The van der Waals surface area contributed by atoms with E-state index in [0.29, 0.717) is 31.0 Å². The summed E-state index contributed by atoms with van der Waals surface area (Å²) < 4.78 is 0. The van der Waals surface area contributed by atoms with Crippen LogP contribution in [0.3, 0.4) is 0 Å². The van der Waals surface area contributed by atoms with Crippen LogP contribution in [0.4, 0.5) is 0 Å². The van der Waals surface area contributed by atoms with Gasteiger partial charge in [-0.2, -0.15) is 0 Å². The molecule has 0 saturated carbocycles. The van der Waals surface area contributed by atoms with Crippen molar-refractivity contribution in [2.24, 2.45) is 0 Å². The maximum atomic E-state index is 13.1. The van der Waals surface area contributed by atoms with Crippen LogP contribution >= 0.6 is 0 Å². The van der Waals surface area contributed by atoms with Gasteiger partial charge in [-0.3, -0.25) is 24.5 Å². The van der Waals surface area contributed by atoms with Gasteiger partial charge in [0.15, 0.2) is 0 Å². The lowest BCUT2D eigenvalue weighted by molar-refractivity contribution is 0.0592. The molecule has 32 heavy (non-hydrogen) atoms. The third kappa shape index (κ3) is 4.18. The Morgan fingerprint density at radius 2 is 1.97 bits per heavy atom. The number of likely N-dealkylation sites (tertiary alicyclic amines) is 1. The summed E-state index contributed by atoms with van der Waals surface area (Å²) in [6, 6.07) is 9.12. The lowest BCUT2D eigenvalue weighted by Gasteiger charge is -2.35. The maximum Gasteiger partial charge on any atom is 0.273 e. The number of nitrogens with one attached hydrogen (secondary N) is 1. The highest BCUT2D eigenvalue weighted by atomic mass is 16.2. The Morgan fingerprint density at radius 3 is 2.78 bits per heavy atom. The van der Waals surface area contributed by atoms with Gasteiger partial charge in [-0.15, -0.1) is 0 Å². The standard InChI is InChI=1S/C24H26N6O2/c31-23-18-9-14-29(15-17-7-11-25-12-8-17)16-20(18)27-22(28-23)21-6-2-4-13-30(21)24(32)19-5-1-3-10-26-19/h1,3,5,7-8,10-12,21H,2,4,6,9,13-16H2,(H,27,28,31)/t21-/m1/s1. The number of carbonyl (C=O) groups is 1. The van der Waals surface area contributed by atoms with E-state index in [-0.39, 0.29) is 17.5 Å². The predicted molar refractivity (Wildman–Crippen MR) is 119 cm³/mol. The van der Waals surface area contributed by atoms with Gasteiger partial charge in [-0.25, -0.2) is 4.98 Å². The molecule has 5 heterocycles. The first kappa shape index (κ1) is 20.5. The molecule has 3 aromatic heterocycles. The van der Waals surface area contributed by atoms with Gasteiger partial charge in [-0.1, -0.05) is 6.07 Å². The van der Waals surface area contributed by atoms with Crippen molar-refractivity contribution in [3.05, 3.63) is 87.6 Å². The number of pyridine rings is 2. The number of amides is 1. The van der Waals surface area contributed by atoms with E-state index in [0.717, 1.165) is 43.6 Å². The van der Waals surface area contributed by atoms with Crippen molar-refractivity contribution in [1.82, 2.24) is 29.7 Å². The van der Waals surface area contributed by atoms with E-state index >= 15 is 0 Å². The molecule has 0 aliphatic carbocycles. The molecule has 1 amide bonds. The maximum absolute atomic E-state index is 13.1. The number of nitrogens with zero attached hydrogens (tertiary/aromatic N) is 5. The van der Waals surface area contributed by atoms with Gasteiger partial charge in [0.05, 0.1) is 11.7 Å². The largest absolute Gasteiger partial charge is 0.327 e. The normalized spacial score (nSPS) is 18.9. The fourth-order valence-corrected chi connectivity index (χ4v) is 4.65. The number of hydrogen-bond donors (Lipinski definition) is 1. The summed E-state index contributed by atoms with van der Waals surface area (Å²) >= 11 is 0. The fraction of sp³-hybridized carbons (Fsp3) is 0.375. The highest BCUT2D eigenvalue weighted by Gasteiger charge is 2.32. The topological polar surface area (TPSA) is 95.1 Å². The minimum atomic E-state index is -0.244. The van der Waals surface area contributed by atoms with Crippen LogP contribution in [0, 0.1) is 0 Å². The molecule has 0 unspecified atom stereocenters. The Morgan fingerprint density at radius 1 is 1.09 bits per heavy atom. The summed E-state index contributed by atoms with van der Waals surface area (Å²) in [6.07, 6.45) is 8.60. The number of rotatable bonds is 4. The molecule has 0 bridgehead atoms. The van der Waals surface area contributed by atoms with Gasteiger partial charge in [0.1, 0.15) is 11.5 Å². The molecular weight excluding hydrogens is 404 g/mol. The minimum Gasteiger partial charge on any atom is -0.327 e. The zero-order valence-electron chi connectivity index (χ0n) is 17.9. The van der Waals surface area contributed by atoms with Crippen molar-refractivity contribution in [1.29, 1.82) is 0 Å². The van der Waals surface area contributed by atoms with Crippen LogP contribution < -0.4 is 5.56 Å². The molecule has 8 heteroatoms. The van der Waals surface area contributed by atoms with E-state index in [9.17, 15) is 9.59 Å². The lowest BCUT2D eigenvalue weighted by atomic mass is 9.99. The molecule has 2 aliphatic heterocycles. The van der Waals surface area contributed by atoms with Crippen LogP contribution in [0.1, 0.15) is 58.4 Å². The third-order valence-corrected chi connectivity index (χ3v) is 6.29. The molecule has 1 atom stereocenters. The van der Waals surface area contributed by atoms with Crippen molar-refractivity contribution in [3.8, 4) is 0 Å². The van der Waals surface area contributed by atoms with Crippen molar-refractivity contribution >= 4 is 5.91 Å². The Labute approximate surface area is 186 Å². The average Bonchev–Trinajstić information content (AvgIpc) is 2.84. The summed E-state index contributed by atoms with van der Waals surface area (Å²) in [5.41, 5.74) is 3.11. The third-order valence-electron chi connectivity index (χ3n) is 6.29. The lowest BCUT2D eigenvalue weighted by Crippen LogP contribution is -2.41.